The van der Waals surface area contributed by atoms with Gasteiger partial charge in [-0.2, -0.15) is 10.2 Å². The van der Waals surface area contributed by atoms with Crippen LogP contribution in [0.25, 0.3) is 5.69 Å². The van der Waals surface area contributed by atoms with Gasteiger partial charge in [0.25, 0.3) is 5.91 Å². The molecule has 3 rings (SSSR count). The molecule has 1 amide bonds. The van der Waals surface area contributed by atoms with Crippen molar-refractivity contribution < 1.29 is 14.3 Å². The van der Waals surface area contributed by atoms with Crippen LogP contribution in [0.2, 0.25) is 0 Å². The highest BCUT2D eigenvalue weighted by Gasteiger charge is 2.18. The van der Waals surface area contributed by atoms with Crippen LogP contribution in [0.5, 0.6) is 0 Å². The maximum absolute atomic E-state index is 12.6. The fourth-order valence-electron chi connectivity index (χ4n) is 3.07. The highest BCUT2D eigenvalue weighted by molar-refractivity contribution is 5.94. The Bertz CT molecular complexity index is 1050. The molecular weight excluding hydrogens is 396 g/mol. The molecule has 9 heteroatoms. The van der Waals surface area contributed by atoms with Crippen molar-refractivity contribution >= 4 is 11.9 Å². The number of rotatable bonds is 8. The van der Waals surface area contributed by atoms with Crippen molar-refractivity contribution in [3.8, 4) is 5.69 Å². The first-order chi connectivity index (χ1) is 14.8. The van der Waals surface area contributed by atoms with Crippen LogP contribution in [0.1, 0.15) is 84.1 Å². The van der Waals surface area contributed by atoms with Crippen molar-refractivity contribution in [2.24, 2.45) is 0 Å². The van der Waals surface area contributed by atoms with Gasteiger partial charge < -0.3 is 10.1 Å². The smallest absolute Gasteiger partial charge is 0.341 e. The van der Waals surface area contributed by atoms with E-state index in [1.807, 2.05) is 6.92 Å². The van der Waals surface area contributed by atoms with Crippen molar-refractivity contribution in [3.05, 3.63) is 58.9 Å². The van der Waals surface area contributed by atoms with E-state index in [0.717, 1.165) is 17.9 Å². The molecule has 0 aliphatic carbocycles. The van der Waals surface area contributed by atoms with E-state index < -0.39 is 5.97 Å². The van der Waals surface area contributed by atoms with Crippen LogP contribution in [0, 0.1) is 6.92 Å². The summed E-state index contributed by atoms with van der Waals surface area (Å²) >= 11 is 0. The van der Waals surface area contributed by atoms with Gasteiger partial charge in [0.05, 0.1) is 30.2 Å². The number of hydrogen-bond acceptors (Lipinski definition) is 6. The lowest BCUT2D eigenvalue weighted by Gasteiger charge is -2.12. The second-order valence-electron chi connectivity index (χ2n) is 7.41. The number of carbonyl (C=O) groups is 2. The Hall–Kier alpha value is -3.49. The molecule has 9 nitrogen and oxygen atoms in total. The summed E-state index contributed by atoms with van der Waals surface area (Å²) in [6, 6.07) is 6.69. The van der Waals surface area contributed by atoms with E-state index in [9.17, 15) is 9.59 Å². The lowest BCUT2D eigenvalue weighted by Crippen LogP contribution is -2.27. The Balaban J connectivity index is 1.69. The molecule has 0 radical (unpaired) electrons. The molecule has 0 saturated heterocycles. The Kier molecular flexibility index (Phi) is 6.84. The molecule has 0 fully saturated rings. The molecule has 0 aliphatic rings. The number of aromatic nitrogens is 5. The van der Waals surface area contributed by atoms with Gasteiger partial charge in [0.15, 0.2) is 5.82 Å². The number of aromatic amines is 1. The molecule has 0 bridgehead atoms. The highest BCUT2D eigenvalue weighted by atomic mass is 16.5. The monoisotopic (exact) mass is 424 g/mol. The molecule has 2 heterocycles. The predicted octanol–water partition coefficient (Wildman–Crippen LogP) is 3.48. The van der Waals surface area contributed by atoms with Gasteiger partial charge in [-0.25, -0.2) is 14.5 Å². The summed E-state index contributed by atoms with van der Waals surface area (Å²) in [5, 5.41) is 14.3. The van der Waals surface area contributed by atoms with Crippen LogP contribution in [-0.4, -0.2) is 43.4 Å². The van der Waals surface area contributed by atoms with Crippen LogP contribution < -0.4 is 5.32 Å². The number of nitrogens with zero attached hydrogens (tertiary/aromatic N) is 4. The van der Waals surface area contributed by atoms with Crippen LogP contribution >= 0.6 is 0 Å². The van der Waals surface area contributed by atoms with E-state index in [4.69, 9.17) is 4.74 Å². The molecule has 31 heavy (non-hydrogen) atoms. The molecule has 2 atom stereocenters. The number of nitrogens with one attached hydrogen (secondary N) is 2. The maximum atomic E-state index is 12.6. The van der Waals surface area contributed by atoms with Crippen LogP contribution in [0.15, 0.2) is 30.5 Å². The normalized spacial score (nSPS) is 12.9. The molecule has 1 aromatic carbocycles. The SMILES string of the molecule is CCOC(=O)c1cnn(-c2ccc(C(=O)N[C@H](C)c3nc([C@@H](C)CC)n[nH]3)cc2)c1C. The van der Waals surface area contributed by atoms with Gasteiger partial charge in [-0.05, 0) is 51.5 Å². The lowest BCUT2D eigenvalue weighted by atomic mass is 10.1. The minimum absolute atomic E-state index is 0.218. The van der Waals surface area contributed by atoms with Gasteiger partial charge >= 0.3 is 5.97 Å². The molecule has 0 unspecified atom stereocenters. The Morgan fingerprint density at radius 1 is 1.19 bits per heavy atom. The number of benzene rings is 1. The molecule has 0 saturated carbocycles. The van der Waals surface area contributed by atoms with Crippen molar-refractivity contribution in [2.75, 3.05) is 6.61 Å². The largest absolute Gasteiger partial charge is 0.462 e. The Morgan fingerprint density at radius 2 is 1.90 bits per heavy atom. The number of amides is 1. The summed E-state index contributed by atoms with van der Waals surface area (Å²) in [7, 11) is 0. The standard InChI is InChI=1S/C22H28N6O3/c1-6-13(3)19-25-20(27-26-19)14(4)24-21(29)16-8-10-17(11-9-16)28-15(5)18(12-23-28)22(30)31-7-2/h8-14H,6-7H2,1-5H3,(H,24,29)(H,25,26,27)/t13-,14+/m0/s1. The highest BCUT2D eigenvalue weighted by Crippen LogP contribution is 2.18. The zero-order valence-corrected chi connectivity index (χ0v) is 18.5. The Labute approximate surface area is 181 Å². The first-order valence-electron chi connectivity index (χ1n) is 10.4. The second kappa shape index (κ2) is 9.55. The van der Waals surface area contributed by atoms with E-state index in [1.165, 1.54) is 6.20 Å². The van der Waals surface area contributed by atoms with Gasteiger partial charge in [0.1, 0.15) is 11.4 Å². The van der Waals surface area contributed by atoms with E-state index >= 15 is 0 Å². The maximum Gasteiger partial charge on any atom is 0.341 e. The molecule has 2 aromatic heterocycles. The third-order valence-corrected chi connectivity index (χ3v) is 5.21. The average molecular weight is 425 g/mol. The van der Waals surface area contributed by atoms with Crippen LogP contribution in [0.4, 0.5) is 0 Å². The number of carbonyl (C=O) groups excluding carboxylic acids is 2. The molecule has 0 aliphatic heterocycles. The van der Waals surface area contributed by atoms with Gasteiger partial charge in [-0.15, -0.1) is 0 Å². The van der Waals surface area contributed by atoms with Crippen molar-refractivity contribution in [1.29, 1.82) is 0 Å². The fourth-order valence-corrected chi connectivity index (χ4v) is 3.07. The van der Waals surface area contributed by atoms with Crippen molar-refractivity contribution in [3.63, 3.8) is 0 Å². The summed E-state index contributed by atoms with van der Waals surface area (Å²) in [6.07, 6.45) is 2.43. The zero-order chi connectivity index (χ0) is 22.5. The second-order valence-corrected chi connectivity index (χ2v) is 7.41. The molecule has 2 N–H and O–H groups in total. The topological polar surface area (TPSA) is 115 Å². The van der Waals surface area contributed by atoms with Gasteiger partial charge in [-0.1, -0.05) is 13.8 Å². The fraction of sp³-hybridized carbons (Fsp3) is 0.409. The quantitative estimate of drug-likeness (QED) is 0.535. The summed E-state index contributed by atoms with van der Waals surface area (Å²) in [5.41, 5.74) is 2.34. The van der Waals surface area contributed by atoms with E-state index in [2.05, 4.69) is 39.4 Å². The lowest BCUT2D eigenvalue weighted by molar-refractivity contribution is 0.0525. The summed E-state index contributed by atoms with van der Waals surface area (Å²) in [6.45, 7) is 9.87. The van der Waals surface area contributed by atoms with Gasteiger partial charge in [0.2, 0.25) is 0 Å². The molecule has 3 aromatic rings. The predicted molar refractivity (Wildman–Crippen MR) is 115 cm³/mol. The van der Waals surface area contributed by atoms with Crippen LogP contribution in [0.3, 0.4) is 0 Å². The first kappa shape index (κ1) is 22.2. The van der Waals surface area contributed by atoms with E-state index in [-0.39, 0.29) is 17.9 Å². The molecule has 164 valence electrons. The third kappa shape index (κ3) is 4.82. The van der Waals surface area contributed by atoms with E-state index in [1.54, 1.807) is 42.8 Å². The molecule has 0 spiro atoms. The number of ether oxygens (including phenoxy) is 1. The summed E-state index contributed by atoms with van der Waals surface area (Å²) in [4.78, 5) is 29.1. The summed E-state index contributed by atoms with van der Waals surface area (Å²) in [5.74, 6) is 1.01. The van der Waals surface area contributed by atoms with Crippen molar-refractivity contribution in [2.45, 2.75) is 53.0 Å². The minimum atomic E-state index is -0.403. The van der Waals surface area contributed by atoms with Gasteiger partial charge in [0, 0.05) is 11.5 Å². The third-order valence-electron chi connectivity index (χ3n) is 5.21. The minimum Gasteiger partial charge on any atom is -0.462 e. The number of esters is 1. The Morgan fingerprint density at radius 3 is 2.55 bits per heavy atom. The zero-order valence-electron chi connectivity index (χ0n) is 18.5. The average Bonchev–Trinajstić information content (AvgIpc) is 3.41. The summed E-state index contributed by atoms with van der Waals surface area (Å²) < 4.78 is 6.69. The van der Waals surface area contributed by atoms with Crippen LogP contribution in [-0.2, 0) is 4.74 Å². The first-order valence-corrected chi connectivity index (χ1v) is 10.4. The number of hydrogen-bond donors (Lipinski definition) is 2. The van der Waals surface area contributed by atoms with E-state index in [0.29, 0.717) is 29.3 Å². The number of H-pyrrole nitrogens is 1. The molecular formula is C22H28N6O3. The van der Waals surface area contributed by atoms with Crippen molar-refractivity contribution in [1.82, 2.24) is 30.3 Å². The van der Waals surface area contributed by atoms with Gasteiger partial charge in [-0.3, -0.25) is 9.89 Å².